The Hall–Kier alpha value is -3.61. The first-order valence-electron chi connectivity index (χ1n) is 12.2. The van der Waals surface area contributed by atoms with E-state index in [4.69, 9.17) is 5.11 Å². The van der Waals surface area contributed by atoms with Crippen LogP contribution in [0.4, 0.5) is 5.69 Å². The molecule has 0 saturated carbocycles. The Morgan fingerprint density at radius 1 is 0.914 bits per heavy atom. The van der Waals surface area contributed by atoms with E-state index in [0.717, 1.165) is 31.2 Å². The summed E-state index contributed by atoms with van der Waals surface area (Å²) in [6.45, 7) is 3.84. The Bertz CT molecular complexity index is 1180. The second-order valence-electron chi connectivity index (χ2n) is 8.93. The van der Waals surface area contributed by atoms with Crippen LogP contribution < -0.4 is 4.90 Å². The monoisotopic (exact) mass is 478 g/mol. The molecule has 0 aliphatic carbocycles. The van der Waals surface area contributed by atoms with Crippen LogP contribution in [-0.4, -0.2) is 39.1 Å². The molecule has 7 nitrogen and oxygen atoms in total. The summed E-state index contributed by atoms with van der Waals surface area (Å²) in [4.78, 5) is 38.3. The zero-order valence-corrected chi connectivity index (χ0v) is 20.5. The Morgan fingerprint density at radius 3 is 2.29 bits per heavy atom. The predicted molar refractivity (Wildman–Crippen MR) is 137 cm³/mol. The molecule has 1 aromatic heterocycles. The molecule has 2 aromatic carbocycles. The van der Waals surface area contributed by atoms with E-state index in [-0.39, 0.29) is 24.0 Å². The number of fused-ring (bicyclic) bond motifs is 1. The molecule has 1 amide bonds. The van der Waals surface area contributed by atoms with Gasteiger partial charge >= 0.3 is 5.97 Å². The van der Waals surface area contributed by atoms with Crippen LogP contribution in [0.3, 0.4) is 0 Å². The smallest absolute Gasteiger partial charge is 0.303 e. The largest absolute Gasteiger partial charge is 0.508 e. The van der Waals surface area contributed by atoms with Gasteiger partial charge in [-0.05, 0) is 49.9 Å². The SMILES string of the molecule is CC(=O)N(CCCCCCCC(=O)O)c1c(C)n(C(=O)CCc2ccccc2)c2ccc(O)cc12. The van der Waals surface area contributed by atoms with E-state index >= 15 is 0 Å². The van der Waals surface area contributed by atoms with Gasteiger partial charge in [0.1, 0.15) is 5.75 Å². The van der Waals surface area contributed by atoms with E-state index in [9.17, 15) is 19.5 Å². The molecule has 0 bridgehead atoms. The predicted octanol–water partition coefficient (Wildman–Crippen LogP) is 5.71. The van der Waals surface area contributed by atoms with Crippen LogP contribution in [0.5, 0.6) is 5.75 Å². The first-order chi connectivity index (χ1) is 16.8. The zero-order valence-electron chi connectivity index (χ0n) is 20.5. The lowest BCUT2D eigenvalue weighted by molar-refractivity contribution is -0.137. The maximum Gasteiger partial charge on any atom is 0.303 e. The number of carbonyl (C=O) groups excluding carboxylic acids is 2. The molecular weight excluding hydrogens is 444 g/mol. The fourth-order valence-corrected chi connectivity index (χ4v) is 4.56. The Labute approximate surface area is 206 Å². The van der Waals surface area contributed by atoms with E-state index in [2.05, 4.69) is 0 Å². The molecule has 186 valence electrons. The molecule has 0 radical (unpaired) electrons. The number of aromatic hydroxyl groups is 1. The third kappa shape index (κ3) is 6.72. The average molecular weight is 479 g/mol. The Morgan fingerprint density at radius 2 is 1.60 bits per heavy atom. The van der Waals surface area contributed by atoms with Crippen molar-refractivity contribution in [2.45, 2.75) is 65.2 Å². The molecule has 0 fully saturated rings. The molecule has 2 N–H and O–H groups in total. The summed E-state index contributed by atoms with van der Waals surface area (Å²) < 4.78 is 1.66. The maximum absolute atomic E-state index is 13.3. The molecular formula is C28H34N2O5. The van der Waals surface area contributed by atoms with Crippen molar-refractivity contribution in [3.05, 3.63) is 59.8 Å². The standard InChI is InChI=1S/C28H34N2O5/c1-20-28(29(21(2)31)18-10-5-3-4-9-13-27(34)35)24-19-23(32)15-16-25(24)30(20)26(33)17-14-22-11-7-6-8-12-22/h6-8,11-12,15-16,19,32H,3-5,9-10,13-14,17-18H2,1-2H3,(H,34,35). The minimum Gasteiger partial charge on any atom is -0.508 e. The number of amides is 1. The quantitative estimate of drug-likeness (QED) is 0.325. The summed E-state index contributed by atoms with van der Waals surface area (Å²) in [6, 6.07) is 14.7. The number of aliphatic carboxylic acids is 1. The van der Waals surface area contributed by atoms with E-state index in [1.165, 1.54) is 6.92 Å². The molecule has 1 heterocycles. The number of aromatic nitrogens is 1. The van der Waals surface area contributed by atoms with Gasteiger partial charge in [-0.15, -0.1) is 0 Å². The van der Waals surface area contributed by atoms with Gasteiger partial charge in [0.2, 0.25) is 11.8 Å². The summed E-state index contributed by atoms with van der Waals surface area (Å²) in [5.41, 5.74) is 3.09. The first-order valence-corrected chi connectivity index (χ1v) is 12.2. The molecule has 35 heavy (non-hydrogen) atoms. The van der Waals surface area contributed by atoms with Gasteiger partial charge < -0.3 is 15.1 Å². The van der Waals surface area contributed by atoms with Gasteiger partial charge in [0.15, 0.2) is 0 Å². The molecule has 3 aromatic rings. The Balaban J connectivity index is 1.81. The number of phenols is 1. The number of phenolic OH excluding ortho intramolecular Hbond substituents is 1. The van der Waals surface area contributed by atoms with Crippen LogP contribution in [0.15, 0.2) is 48.5 Å². The normalized spacial score (nSPS) is 11.0. The lowest BCUT2D eigenvalue weighted by atomic mass is 10.1. The van der Waals surface area contributed by atoms with Gasteiger partial charge in [-0.3, -0.25) is 19.0 Å². The topological polar surface area (TPSA) is 99.8 Å². The van der Waals surface area contributed by atoms with Crippen molar-refractivity contribution < 1.29 is 24.6 Å². The Kier molecular flexibility index (Phi) is 9.06. The molecule has 0 saturated heterocycles. The minimum absolute atomic E-state index is 0.0600. The number of nitrogens with zero attached hydrogens (tertiary/aromatic N) is 2. The number of hydrogen-bond acceptors (Lipinski definition) is 4. The molecule has 0 aliphatic heterocycles. The third-order valence-electron chi connectivity index (χ3n) is 6.30. The van der Waals surface area contributed by atoms with Gasteiger partial charge in [-0.1, -0.05) is 49.6 Å². The lowest BCUT2D eigenvalue weighted by Gasteiger charge is -2.22. The highest BCUT2D eigenvalue weighted by Crippen LogP contribution is 2.36. The summed E-state index contributed by atoms with van der Waals surface area (Å²) in [6.07, 6.45) is 5.16. The first kappa shape index (κ1) is 26.0. The van der Waals surface area contributed by atoms with Gasteiger partial charge in [-0.25, -0.2) is 0 Å². The fraction of sp³-hybridized carbons (Fsp3) is 0.393. The molecule has 3 rings (SSSR count). The fourth-order valence-electron chi connectivity index (χ4n) is 4.56. The molecule has 0 aliphatic rings. The number of carbonyl (C=O) groups is 3. The van der Waals surface area contributed by atoms with Crippen molar-refractivity contribution >= 4 is 34.4 Å². The summed E-state index contributed by atoms with van der Waals surface area (Å²) in [7, 11) is 0. The molecule has 0 spiro atoms. The number of anilines is 1. The van der Waals surface area contributed by atoms with Crippen molar-refractivity contribution in [1.82, 2.24) is 4.57 Å². The van der Waals surface area contributed by atoms with Crippen molar-refractivity contribution in [1.29, 1.82) is 0 Å². The van der Waals surface area contributed by atoms with E-state index < -0.39 is 5.97 Å². The molecule has 0 unspecified atom stereocenters. The van der Waals surface area contributed by atoms with Gasteiger partial charge in [0.25, 0.3) is 0 Å². The average Bonchev–Trinajstić information content (AvgIpc) is 3.10. The highest BCUT2D eigenvalue weighted by molar-refractivity contribution is 6.08. The van der Waals surface area contributed by atoms with Gasteiger partial charge in [0, 0.05) is 37.4 Å². The zero-order chi connectivity index (χ0) is 25.4. The van der Waals surface area contributed by atoms with Crippen LogP contribution in [0.1, 0.15) is 67.9 Å². The number of aryl methyl sites for hydroxylation is 1. The van der Waals surface area contributed by atoms with Crippen molar-refractivity contribution in [2.75, 3.05) is 11.4 Å². The van der Waals surface area contributed by atoms with Gasteiger partial charge in [0.05, 0.1) is 11.2 Å². The van der Waals surface area contributed by atoms with E-state index in [0.29, 0.717) is 48.1 Å². The second-order valence-corrected chi connectivity index (χ2v) is 8.93. The maximum atomic E-state index is 13.3. The van der Waals surface area contributed by atoms with Gasteiger partial charge in [-0.2, -0.15) is 0 Å². The van der Waals surface area contributed by atoms with Crippen molar-refractivity contribution in [3.63, 3.8) is 0 Å². The number of benzene rings is 2. The van der Waals surface area contributed by atoms with Crippen molar-refractivity contribution in [2.24, 2.45) is 0 Å². The van der Waals surface area contributed by atoms with Crippen LogP contribution in [0, 0.1) is 6.92 Å². The summed E-state index contributed by atoms with van der Waals surface area (Å²) >= 11 is 0. The number of unbranched alkanes of at least 4 members (excludes halogenated alkanes) is 4. The number of hydrogen-bond donors (Lipinski definition) is 2. The number of carboxylic acids is 1. The van der Waals surface area contributed by atoms with Crippen LogP contribution >= 0.6 is 0 Å². The molecule has 7 heteroatoms. The van der Waals surface area contributed by atoms with Crippen LogP contribution in [0.25, 0.3) is 10.9 Å². The summed E-state index contributed by atoms with van der Waals surface area (Å²) in [5, 5.41) is 19.6. The van der Waals surface area contributed by atoms with Crippen LogP contribution in [0.2, 0.25) is 0 Å². The third-order valence-corrected chi connectivity index (χ3v) is 6.30. The number of carboxylic acid groups (broad SMARTS) is 1. The van der Waals surface area contributed by atoms with Crippen LogP contribution in [-0.2, 0) is 16.0 Å². The molecule has 0 atom stereocenters. The summed E-state index contributed by atoms with van der Waals surface area (Å²) in [5.74, 6) is -0.885. The van der Waals surface area contributed by atoms with Crippen molar-refractivity contribution in [3.8, 4) is 5.75 Å². The highest BCUT2D eigenvalue weighted by atomic mass is 16.4. The second kappa shape index (κ2) is 12.2. The lowest BCUT2D eigenvalue weighted by Crippen LogP contribution is -2.30. The van der Waals surface area contributed by atoms with E-state index in [1.807, 2.05) is 37.3 Å². The van der Waals surface area contributed by atoms with E-state index in [1.54, 1.807) is 27.7 Å². The minimum atomic E-state index is -0.777. The highest BCUT2D eigenvalue weighted by Gasteiger charge is 2.24. The number of rotatable bonds is 12.